The van der Waals surface area contributed by atoms with E-state index < -0.39 is 18.2 Å². The Hall–Kier alpha value is -0.920. The minimum Gasteiger partial charge on any atom is -0.471 e. The fourth-order valence-electron chi connectivity index (χ4n) is 1.77. The van der Waals surface area contributed by atoms with Crippen molar-refractivity contribution in [2.24, 2.45) is 5.73 Å². The van der Waals surface area contributed by atoms with Gasteiger partial charge in [-0.3, -0.25) is 4.79 Å². The minimum absolute atomic E-state index is 0. The Kier molecular flexibility index (Phi) is 5.96. The molecule has 0 unspecified atom stereocenters. The van der Waals surface area contributed by atoms with Crippen LogP contribution in [0.2, 0.25) is 0 Å². The van der Waals surface area contributed by atoms with E-state index in [1.165, 1.54) is 12.3 Å². The molecular weight excluding hydrogens is 340 g/mol. The van der Waals surface area contributed by atoms with Crippen LogP contribution in [-0.4, -0.2) is 36.3 Å². The topological polar surface area (TPSA) is 77.2 Å². The molecule has 3 N–H and O–H groups in total. The molecule has 0 aromatic carbocycles. The molecule has 5 nitrogen and oxygen atoms in total. The van der Waals surface area contributed by atoms with E-state index in [2.05, 4.69) is 26.2 Å². The third-order valence-electron chi connectivity index (χ3n) is 2.69. The number of aromatic nitrogens is 1. The zero-order chi connectivity index (χ0) is 13.1. The summed E-state index contributed by atoms with van der Waals surface area (Å²) in [6.07, 6.45) is 0.288. The fraction of sp³-hybridized carbons (Fsp3) is 0.455. The number of nitrogens with zero attached hydrogens (tertiary/aromatic N) is 1. The van der Waals surface area contributed by atoms with Crippen molar-refractivity contribution in [2.45, 2.75) is 18.7 Å². The number of primary amides is 1. The highest BCUT2D eigenvalue weighted by molar-refractivity contribution is 9.10. The van der Waals surface area contributed by atoms with Crippen LogP contribution < -0.4 is 15.8 Å². The second kappa shape index (κ2) is 7.02. The number of pyridine rings is 1. The summed E-state index contributed by atoms with van der Waals surface area (Å²) in [4.78, 5) is 15.2. The van der Waals surface area contributed by atoms with Crippen molar-refractivity contribution in [1.29, 1.82) is 0 Å². The van der Waals surface area contributed by atoms with Crippen LogP contribution in [0.5, 0.6) is 5.88 Å². The van der Waals surface area contributed by atoms with Crippen LogP contribution in [0.3, 0.4) is 0 Å². The number of piperidine rings is 1. The number of alkyl halides is 1. The molecule has 2 atom stereocenters. The van der Waals surface area contributed by atoms with Gasteiger partial charge in [0.15, 0.2) is 0 Å². The van der Waals surface area contributed by atoms with E-state index in [1.807, 2.05) is 0 Å². The summed E-state index contributed by atoms with van der Waals surface area (Å²) in [5.41, 5.74) is 5.39. The van der Waals surface area contributed by atoms with Crippen molar-refractivity contribution in [3.8, 4) is 5.88 Å². The molecule has 0 spiro atoms. The lowest BCUT2D eigenvalue weighted by Gasteiger charge is -2.27. The van der Waals surface area contributed by atoms with E-state index in [1.54, 1.807) is 0 Å². The molecule has 1 aromatic heterocycles. The number of ether oxygens (including phenoxy) is 1. The molecule has 2 rings (SSSR count). The van der Waals surface area contributed by atoms with E-state index in [0.717, 1.165) is 0 Å². The molecule has 106 valence electrons. The molecule has 0 radical (unpaired) electrons. The Bertz CT molecular complexity index is 464. The largest absolute Gasteiger partial charge is 0.471 e. The lowest BCUT2D eigenvalue weighted by Crippen LogP contribution is -2.44. The van der Waals surface area contributed by atoms with Crippen LogP contribution in [-0.2, 0) is 0 Å². The molecular formula is C11H14BrClFN3O2. The number of carbonyl (C=O) groups is 1. The van der Waals surface area contributed by atoms with Gasteiger partial charge in [-0.15, -0.1) is 12.4 Å². The van der Waals surface area contributed by atoms with Gasteiger partial charge in [-0.1, -0.05) is 0 Å². The Labute approximate surface area is 124 Å². The lowest BCUT2D eigenvalue weighted by molar-refractivity contribution is 0.0676. The Morgan fingerprint density at radius 2 is 2.37 bits per heavy atom. The number of nitrogens with two attached hydrogens (primary N) is 1. The molecule has 1 fully saturated rings. The standard InChI is InChI=1S/C11H13BrFN3O2.ClH/c12-6-3-7(10(14)17)11(16-4-6)18-9-1-2-15-5-8(9)13;/h3-4,8-9,15H,1-2,5H2,(H2,14,17);1H/t8-,9+;/m1./s1. The van der Waals surface area contributed by atoms with Crippen LogP contribution in [0.25, 0.3) is 0 Å². The summed E-state index contributed by atoms with van der Waals surface area (Å²) in [6, 6.07) is 1.51. The third kappa shape index (κ3) is 4.02. The molecule has 19 heavy (non-hydrogen) atoms. The third-order valence-corrected chi connectivity index (χ3v) is 3.13. The smallest absolute Gasteiger partial charge is 0.254 e. The highest BCUT2D eigenvalue weighted by Gasteiger charge is 2.28. The Morgan fingerprint density at radius 3 is 3.00 bits per heavy atom. The first kappa shape index (κ1) is 16.1. The minimum atomic E-state index is -1.12. The molecule has 0 aliphatic carbocycles. The first-order valence-corrected chi connectivity index (χ1v) is 6.34. The molecule has 0 saturated carbocycles. The van der Waals surface area contributed by atoms with Crippen LogP contribution >= 0.6 is 28.3 Å². The predicted molar refractivity (Wildman–Crippen MR) is 74.5 cm³/mol. The number of hydrogen-bond acceptors (Lipinski definition) is 4. The predicted octanol–water partition coefficient (Wildman–Crippen LogP) is 1.44. The van der Waals surface area contributed by atoms with E-state index in [-0.39, 0.29) is 30.4 Å². The van der Waals surface area contributed by atoms with E-state index in [0.29, 0.717) is 17.4 Å². The SMILES string of the molecule is Cl.NC(=O)c1cc(Br)cnc1O[C@H]1CCNC[C@H]1F. The molecule has 8 heteroatoms. The second-order valence-electron chi connectivity index (χ2n) is 4.04. The van der Waals surface area contributed by atoms with Gasteiger partial charge in [0.05, 0.1) is 0 Å². The molecule has 1 saturated heterocycles. The van der Waals surface area contributed by atoms with E-state index in [9.17, 15) is 9.18 Å². The first-order chi connectivity index (χ1) is 8.58. The number of halogens is 3. The summed E-state index contributed by atoms with van der Waals surface area (Å²) in [7, 11) is 0. The van der Waals surface area contributed by atoms with Gasteiger partial charge in [0.1, 0.15) is 17.8 Å². The van der Waals surface area contributed by atoms with Gasteiger partial charge >= 0.3 is 0 Å². The fourth-order valence-corrected chi connectivity index (χ4v) is 2.10. The van der Waals surface area contributed by atoms with Gasteiger partial charge in [-0.2, -0.15) is 0 Å². The van der Waals surface area contributed by atoms with Crippen LogP contribution in [0, 0.1) is 0 Å². The second-order valence-corrected chi connectivity index (χ2v) is 4.95. The summed E-state index contributed by atoms with van der Waals surface area (Å²) in [5.74, 6) is -0.566. The van der Waals surface area contributed by atoms with Crippen molar-refractivity contribution in [1.82, 2.24) is 10.3 Å². The van der Waals surface area contributed by atoms with Gasteiger partial charge in [-0.05, 0) is 35.0 Å². The number of nitrogens with one attached hydrogen (secondary N) is 1. The summed E-state index contributed by atoms with van der Waals surface area (Å²) in [6.45, 7) is 0.917. The molecule has 1 amide bonds. The van der Waals surface area contributed by atoms with Crippen LogP contribution in [0.15, 0.2) is 16.7 Å². The number of hydrogen-bond donors (Lipinski definition) is 2. The van der Waals surface area contributed by atoms with Gasteiger partial charge < -0.3 is 15.8 Å². The summed E-state index contributed by atoms with van der Waals surface area (Å²) in [5, 5.41) is 2.92. The Morgan fingerprint density at radius 1 is 1.63 bits per heavy atom. The maximum Gasteiger partial charge on any atom is 0.254 e. The average Bonchev–Trinajstić information content (AvgIpc) is 2.34. The van der Waals surface area contributed by atoms with E-state index >= 15 is 0 Å². The average molecular weight is 355 g/mol. The molecule has 1 aliphatic heterocycles. The van der Waals surface area contributed by atoms with Crippen molar-refractivity contribution < 1.29 is 13.9 Å². The molecule has 1 aromatic rings. The monoisotopic (exact) mass is 353 g/mol. The molecule has 0 bridgehead atoms. The summed E-state index contributed by atoms with van der Waals surface area (Å²) >= 11 is 3.19. The number of carbonyl (C=O) groups excluding carboxylic acids is 1. The first-order valence-electron chi connectivity index (χ1n) is 5.54. The van der Waals surface area contributed by atoms with Crippen LogP contribution in [0.4, 0.5) is 4.39 Å². The Balaban J connectivity index is 0.00000180. The van der Waals surface area contributed by atoms with Gasteiger partial charge in [0.2, 0.25) is 5.88 Å². The highest BCUT2D eigenvalue weighted by atomic mass is 79.9. The molecule has 2 heterocycles. The van der Waals surface area contributed by atoms with E-state index in [4.69, 9.17) is 10.5 Å². The number of amides is 1. The lowest BCUT2D eigenvalue weighted by atomic mass is 10.1. The zero-order valence-electron chi connectivity index (χ0n) is 9.94. The number of rotatable bonds is 3. The molecule has 1 aliphatic rings. The zero-order valence-corrected chi connectivity index (χ0v) is 12.3. The maximum atomic E-state index is 13.6. The van der Waals surface area contributed by atoms with Crippen LogP contribution in [0.1, 0.15) is 16.8 Å². The van der Waals surface area contributed by atoms with Crippen molar-refractivity contribution >= 4 is 34.2 Å². The van der Waals surface area contributed by atoms with Crippen molar-refractivity contribution in [3.63, 3.8) is 0 Å². The summed E-state index contributed by atoms with van der Waals surface area (Å²) < 4.78 is 19.7. The highest BCUT2D eigenvalue weighted by Crippen LogP contribution is 2.23. The van der Waals surface area contributed by atoms with Crippen molar-refractivity contribution in [3.05, 3.63) is 22.3 Å². The van der Waals surface area contributed by atoms with Gasteiger partial charge in [-0.25, -0.2) is 9.37 Å². The van der Waals surface area contributed by atoms with Crippen molar-refractivity contribution in [2.75, 3.05) is 13.1 Å². The normalized spacial score (nSPS) is 22.4. The van der Waals surface area contributed by atoms with Gasteiger partial charge in [0.25, 0.3) is 5.91 Å². The quantitative estimate of drug-likeness (QED) is 0.861. The maximum absolute atomic E-state index is 13.6. The van der Waals surface area contributed by atoms with Gasteiger partial charge in [0, 0.05) is 17.2 Å².